The lowest BCUT2D eigenvalue weighted by molar-refractivity contribution is -0.135. The zero-order valence-corrected chi connectivity index (χ0v) is 17.7. The second-order valence-electron chi connectivity index (χ2n) is 7.89. The predicted molar refractivity (Wildman–Crippen MR) is 114 cm³/mol. The third-order valence-electron chi connectivity index (χ3n) is 5.44. The van der Waals surface area contributed by atoms with E-state index in [0.29, 0.717) is 24.5 Å². The summed E-state index contributed by atoms with van der Waals surface area (Å²) in [6.45, 7) is 6.93. The van der Waals surface area contributed by atoms with Gasteiger partial charge in [0.1, 0.15) is 17.6 Å². The molecule has 2 aromatic carbocycles. The van der Waals surface area contributed by atoms with E-state index in [2.05, 4.69) is 5.32 Å². The Bertz CT molecular complexity index is 865. The molecule has 30 heavy (non-hydrogen) atoms. The van der Waals surface area contributed by atoms with Gasteiger partial charge in [0.15, 0.2) is 0 Å². The monoisotopic (exact) mass is 412 g/mol. The van der Waals surface area contributed by atoms with Gasteiger partial charge in [0.25, 0.3) is 5.91 Å². The number of hydrogen-bond donors (Lipinski definition) is 1. The van der Waals surface area contributed by atoms with Crippen LogP contribution >= 0.6 is 0 Å². The molecule has 2 amide bonds. The van der Waals surface area contributed by atoms with Crippen LogP contribution in [0.2, 0.25) is 0 Å². The lowest BCUT2D eigenvalue weighted by atomic mass is 9.99. The zero-order valence-electron chi connectivity index (χ0n) is 17.7. The van der Waals surface area contributed by atoms with Crippen molar-refractivity contribution in [1.82, 2.24) is 10.2 Å². The molecule has 0 radical (unpaired) electrons. The Labute approximate surface area is 177 Å². The standard InChI is InChI=1S/C24H29FN2O3/c1-4-30-20-13-9-18(10-14-20)23(28)26-22(16(2)3)24(29)27-15-5-6-21(27)17-7-11-19(25)12-8-17/h7-14,16,21-22H,4-6,15H2,1-3H3,(H,26,28). The molecule has 1 saturated heterocycles. The average molecular weight is 413 g/mol. The number of carbonyl (C=O) groups excluding carboxylic acids is 2. The number of amides is 2. The van der Waals surface area contributed by atoms with E-state index in [4.69, 9.17) is 4.74 Å². The van der Waals surface area contributed by atoms with Gasteiger partial charge in [-0.25, -0.2) is 4.39 Å². The van der Waals surface area contributed by atoms with E-state index in [-0.39, 0.29) is 29.6 Å². The molecule has 2 aromatic rings. The third kappa shape index (κ3) is 4.99. The maximum atomic E-state index is 13.4. The summed E-state index contributed by atoms with van der Waals surface area (Å²) in [6.07, 6.45) is 1.71. The minimum absolute atomic E-state index is 0.0707. The molecule has 2 unspecified atom stereocenters. The number of nitrogens with one attached hydrogen (secondary N) is 1. The summed E-state index contributed by atoms with van der Waals surface area (Å²) in [4.78, 5) is 27.9. The van der Waals surface area contributed by atoms with E-state index in [1.165, 1.54) is 12.1 Å². The van der Waals surface area contributed by atoms with Crippen LogP contribution in [0.3, 0.4) is 0 Å². The van der Waals surface area contributed by atoms with Crippen molar-refractivity contribution in [2.75, 3.05) is 13.2 Å². The van der Waals surface area contributed by atoms with Crippen LogP contribution in [0.25, 0.3) is 0 Å². The van der Waals surface area contributed by atoms with Gasteiger partial charge in [0, 0.05) is 12.1 Å². The summed E-state index contributed by atoms with van der Waals surface area (Å²) in [7, 11) is 0. The molecule has 3 rings (SSSR count). The second-order valence-corrected chi connectivity index (χ2v) is 7.89. The number of hydrogen-bond acceptors (Lipinski definition) is 3. The summed E-state index contributed by atoms with van der Waals surface area (Å²) in [5.41, 5.74) is 1.40. The van der Waals surface area contributed by atoms with Gasteiger partial charge in [-0.15, -0.1) is 0 Å². The third-order valence-corrected chi connectivity index (χ3v) is 5.44. The zero-order chi connectivity index (χ0) is 21.7. The van der Waals surface area contributed by atoms with Gasteiger partial charge in [0.05, 0.1) is 12.6 Å². The fourth-order valence-corrected chi connectivity index (χ4v) is 3.85. The first-order chi connectivity index (χ1) is 14.4. The SMILES string of the molecule is CCOc1ccc(C(=O)NC(C(=O)N2CCCC2c2ccc(F)cc2)C(C)C)cc1. The smallest absolute Gasteiger partial charge is 0.251 e. The Morgan fingerprint density at radius 3 is 2.40 bits per heavy atom. The van der Waals surface area contributed by atoms with Crippen LogP contribution in [0.15, 0.2) is 48.5 Å². The van der Waals surface area contributed by atoms with Crippen LogP contribution in [0.4, 0.5) is 4.39 Å². The van der Waals surface area contributed by atoms with Gasteiger partial charge in [-0.1, -0.05) is 26.0 Å². The largest absolute Gasteiger partial charge is 0.494 e. The van der Waals surface area contributed by atoms with Crippen molar-refractivity contribution in [1.29, 1.82) is 0 Å². The summed E-state index contributed by atoms with van der Waals surface area (Å²) in [5, 5.41) is 2.91. The molecule has 160 valence electrons. The van der Waals surface area contributed by atoms with Gasteiger partial charge in [-0.3, -0.25) is 9.59 Å². The molecule has 0 spiro atoms. The van der Waals surface area contributed by atoms with Gasteiger partial charge >= 0.3 is 0 Å². The van der Waals surface area contributed by atoms with E-state index in [0.717, 1.165) is 18.4 Å². The van der Waals surface area contributed by atoms with Crippen molar-refractivity contribution < 1.29 is 18.7 Å². The van der Waals surface area contributed by atoms with Crippen LogP contribution in [-0.2, 0) is 4.79 Å². The highest BCUT2D eigenvalue weighted by Crippen LogP contribution is 2.33. The summed E-state index contributed by atoms with van der Waals surface area (Å²) < 4.78 is 18.7. The lowest BCUT2D eigenvalue weighted by Gasteiger charge is -2.31. The highest BCUT2D eigenvalue weighted by atomic mass is 19.1. The Balaban J connectivity index is 1.73. The van der Waals surface area contributed by atoms with Gasteiger partial charge < -0.3 is 15.0 Å². The molecule has 1 heterocycles. The van der Waals surface area contributed by atoms with E-state index >= 15 is 0 Å². The molecule has 0 aliphatic carbocycles. The van der Waals surface area contributed by atoms with Crippen LogP contribution in [-0.4, -0.2) is 35.9 Å². The van der Waals surface area contributed by atoms with Crippen molar-refractivity contribution in [3.05, 3.63) is 65.5 Å². The van der Waals surface area contributed by atoms with E-state index in [1.807, 2.05) is 25.7 Å². The normalized spacial score (nSPS) is 17.1. The van der Waals surface area contributed by atoms with E-state index in [9.17, 15) is 14.0 Å². The fourth-order valence-electron chi connectivity index (χ4n) is 3.85. The number of halogens is 1. The van der Waals surface area contributed by atoms with E-state index < -0.39 is 6.04 Å². The second kappa shape index (κ2) is 9.74. The van der Waals surface area contributed by atoms with Crippen molar-refractivity contribution in [3.8, 4) is 5.75 Å². The molecular weight excluding hydrogens is 383 g/mol. The van der Waals surface area contributed by atoms with Gasteiger partial charge in [-0.2, -0.15) is 0 Å². The van der Waals surface area contributed by atoms with Crippen molar-refractivity contribution >= 4 is 11.8 Å². The van der Waals surface area contributed by atoms with Gasteiger partial charge in [-0.05, 0) is 67.6 Å². The summed E-state index contributed by atoms with van der Waals surface area (Å²) in [5.74, 6) is -0.0561. The maximum Gasteiger partial charge on any atom is 0.251 e. The Kier molecular flexibility index (Phi) is 7.08. The molecule has 1 aliphatic rings. The Hall–Kier alpha value is -2.89. The molecule has 0 saturated carbocycles. The van der Waals surface area contributed by atoms with Crippen LogP contribution in [0, 0.1) is 11.7 Å². The summed E-state index contributed by atoms with van der Waals surface area (Å²) >= 11 is 0. The molecule has 0 aromatic heterocycles. The molecule has 2 atom stereocenters. The first-order valence-electron chi connectivity index (χ1n) is 10.5. The number of nitrogens with zero attached hydrogens (tertiary/aromatic N) is 1. The number of rotatable bonds is 7. The number of ether oxygens (including phenoxy) is 1. The molecule has 1 fully saturated rings. The first kappa shape index (κ1) is 21.8. The van der Waals surface area contributed by atoms with Crippen LogP contribution in [0.1, 0.15) is 55.6 Å². The molecule has 0 bridgehead atoms. The minimum Gasteiger partial charge on any atom is -0.494 e. The highest BCUT2D eigenvalue weighted by molar-refractivity contribution is 5.97. The van der Waals surface area contributed by atoms with Crippen molar-refractivity contribution in [2.45, 2.75) is 45.7 Å². The molecule has 1 aliphatic heterocycles. The Morgan fingerprint density at radius 1 is 1.13 bits per heavy atom. The van der Waals surface area contributed by atoms with Gasteiger partial charge in [0.2, 0.25) is 5.91 Å². The minimum atomic E-state index is -0.634. The lowest BCUT2D eigenvalue weighted by Crippen LogP contribution is -2.51. The Morgan fingerprint density at radius 2 is 1.80 bits per heavy atom. The average Bonchev–Trinajstić information content (AvgIpc) is 3.22. The molecule has 5 nitrogen and oxygen atoms in total. The fraction of sp³-hybridized carbons (Fsp3) is 0.417. The predicted octanol–water partition coefficient (Wildman–Crippen LogP) is 4.34. The van der Waals surface area contributed by atoms with E-state index in [1.54, 1.807) is 36.4 Å². The molecular formula is C24H29FN2O3. The topological polar surface area (TPSA) is 58.6 Å². The quantitative estimate of drug-likeness (QED) is 0.736. The maximum absolute atomic E-state index is 13.4. The summed E-state index contributed by atoms with van der Waals surface area (Å²) in [6, 6.07) is 12.5. The molecule has 6 heteroatoms. The van der Waals surface area contributed by atoms with Crippen molar-refractivity contribution in [2.24, 2.45) is 5.92 Å². The van der Waals surface area contributed by atoms with Crippen molar-refractivity contribution in [3.63, 3.8) is 0 Å². The number of benzene rings is 2. The molecule has 1 N–H and O–H groups in total. The first-order valence-corrected chi connectivity index (χ1v) is 10.5. The van der Waals surface area contributed by atoms with Crippen LogP contribution in [0.5, 0.6) is 5.75 Å². The number of carbonyl (C=O) groups is 2. The van der Waals surface area contributed by atoms with Crippen LogP contribution < -0.4 is 10.1 Å². The highest BCUT2D eigenvalue weighted by Gasteiger charge is 2.36. The number of likely N-dealkylation sites (tertiary alicyclic amines) is 1.